The molecule has 3 N–H and O–H groups in total. The molecule has 29 heavy (non-hydrogen) atoms. The van der Waals surface area contributed by atoms with Gasteiger partial charge in [0.2, 0.25) is 5.91 Å². The molecule has 0 saturated heterocycles. The first-order chi connectivity index (χ1) is 13.2. The van der Waals surface area contributed by atoms with E-state index in [1.165, 1.54) is 19.1 Å². The van der Waals surface area contributed by atoms with Crippen molar-refractivity contribution in [3.63, 3.8) is 0 Å². The molecule has 0 heterocycles. The van der Waals surface area contributed by atoms with Crippen molar-refractivity contribution in [2.24, 2.45) is 0 Å². The largest absolute Gasteiger partial charge is 0.480 e. The van der Waals surface area contributed by atoms with Gasteiger partial charge in [0.15, 0.2) is 0 Å². The Morgan fingerprint density at radius 2 is 1.62 bits per heavy atom. The number of rotatable bonds is 7. The maximum Gasteiger partial charge on any atom is 0.416 e. The lowest BCUT2D eigenvalue weighted by Crippen LogP contribution is -2.51. The molecule has 2 amide bonds. The number of nitrogens with one attached hydrogen (secondary N) is 2. The van der Waals surface area contributed by atoms with Crippen LogP contribution in [-0.4, -0.2) is 40.8 Å². The van der Waals surface area contributed by atoms with Gasteiger partial charge in [-0.2, -0.15) is 13.2 Å². The number of carbonyl (C=O) groups is 3. The van der Waals surface area contributed by atoms with Crippen LogP contribution < -0.4 is 10.6 Å². The van der Waals surface area contributed by atoms with E-state index in [-0.39, 0.29) is 12.8 Å². The maximum atomic E-state index is 12.6. The average Bonchev–Trinajstić information content (AvgIpc) is 2.56. The highest BCUT2D eigenvalue weighted by molar-refractivity contribution is 5.89. The summed E-state index contributed by atoms with van der Waals surface area (Å²) < 4.78 is 43.0. The van der Waals surface area contributed by atoms with Crippen LogP contribution in [0.4, 0.5) is 18.0 Å². The smallest absolute Gasteiger partial charge is 0.416 e. The van der Waals surface area contributed by atoms with E-state index in [9.17, 15) is 27.6 Å². The first kappa shape index (κ1) is 24.3. The van der Waals surface area contributed by atoms with Gasteiger partial charge in [-0.15, -0.1) is 0 Å². The van der Waals surface area contributed by atoms with Crippen molar-refractivity contribution in [3.05, 3.63) is 35.4 Å². The van der Waals surface area contributed by atoms with Crippen LogP contribution in [0.3, 0.4) is 0 Å². The molecule has 2 atom stereocenters. The van der Waals surface area contributed by atoms with Crippen LogP contribution in [0.25, 0.3) is 0 Å². The third kappa shape index (κ3) is 8.84. The average molecular weight is 418 g/mol. The van der Waals surface area contributed by atoms with E-state index in [1.807, 2.05) is 0 Å². The van der Waals surface area contributed by atoms with Gasteiger partial charge < -0.3 is 20.5 Å². The molecule has 7 nitrogen and oxygen atoms in total. The van der Waals surface area contributed by atoms with Crippen molar-refractivity contribution in [3.8, 4) is 0 Å². The summed E-state index contributed by atoms with van der Waals surface area (Å²) in [5.41, 5.74) is -1.09. The van der Waals surface area contributed by atoms with Crippen molar-refractivity contribution in [1.29, 1.82) is 0 Å². The molecule has 0 spiro atoms. The van der Waals surface area contributed by atoms with Gasteiger partial charge in [-0.05, 0) is 58.2 Å². The van der Waals surface area contributed by atoms with Gasteiger partial charge in [0.05, 0.1) is 5.56 Å². The molecule has 0 aliphatic carbocycles. The molecule has 1 aromatic rings. The molecule has 0 aromatic heterocycles. The van der Waals surface area contributed by atoms with Crippen molar-refractivity contribution >= 4 is 18.0 Å². The lowest BCUT2D eigenvalue weighted by atomic mass is 10.0. The van der Waals surface area contributed by atoms with Crippen LogP contribution in [0.1, 0.15) is 45.2 Å². The Morgan fingerprint density at radius 3 is 2.07 bits per heavy atom. The van der Waals surface area contributed by atoms with Gasteiger partial charge in [0.25, 0.3) is 0 Å². The minimum atomic E-state index is -4.45. The van der Waals surface area contributed by atoms with Gasteiger partial charge in [-0.25, -0.2) is 4.79 Å². The number of amides is 2. The topological polar surface area (TPSA) is 105 Å². The van der Waals surface area contributed by atoms with Crippen molar-refractivity contribution in [2.75, 3.05) is 0 Å². The minimum Gasteiger partial charge on any atom is -0.480 e. The fraction of sp³-hybridized carbons (Fsp3) is 0.526. The van der Waals surface area contributed by atoms with E-state index in [0.29, 0.717) is 5.56 Å². The van der Waals surface area contributed by atoms with Crippen molar-refractivity contribution in [2.45, 2.75) is 64.4 Å². The Hall–Kier alpha value is -2.78. The summed E-state index contributed by atoms with van der Waals surface area (Å²) >= 11 is 0. The molecule has 0 aliphatic rings. The summed E-state index contributed by atoms with van der Waals surface area (Å²) in [6, 6.07) is 2.11. The van der Waals surface area contributed by atoms with Crippen LogP contribution in [0.15, 0.2) is 24.3 Å². The number of hydrogen-bond donors (Lipinski definition) is 3. The van der Waals surface area contributed by atoms with Crippen LogP contribution in [0, 0.1) is 0 Å². The minimum absolute atomic E-state index is 0.0305. The number of benzene rings is 1. The molecular weight excluding hydrogens is 393 g/mol. The molecule has 0 saturated carbocycles. The number of aliphatic carboxylic acids is 1. The third-order valence-electron chi connectivity index (χ3n) is 3.74. The number of ether oxygens (including phenoxy) is 1. The molecular formula is C19H25F3N2O5. The summed E-state index contributed by atoms with van der Waals surface area (Å²) in [7, 11) is 0. The lowest BCUT2D eigenvalue weighted by molar-refractivity contribution is -0.141. The lowest BCUT2D eigenvalue weighted by Gasteiger charge is -2.24. The summed E-state index contributed by atoms with van der Waals surface area (Å²) in [6.45, 7) is 6.17. The van der Waals surface area contributed by atoms with E-state index in [2.05, 4.69) is 10.6 Å². The highest BCUT2D eigenvalue weighted by atomic mass is 19.4. The zero-order chi connectivity index (χ0) is 22.4. The fourth-order valence-electron chi connectivity index (χ4n) is 2.27. The van der Waals surface area contributed by atoms with Gasteiger partial charge in [-0.3, -0.25) is 9.59 Å². The Kier molecular flexibility index (Phi) is 8.05. The predicted molar refractivity (Wildman–Crippen MR) is 98.2 cm³/mol. The quantitative estimate of drug-likeness (QED) is 0.631. The zero-order valence-electron chi connectivity index (χ0n) is 16.6. The van der Waals surface area contributed by atoms with E-state index in [1.54, 1.807) is 20.8 Å². The molecule has 2 unspecified atom stereocenters. The number of hydrogen-bond acceptors (Lipinski definition) is 4. The second-order valence-corrected chi connectivity index (χ2v) is 7.50. The Labute approximate surface area is 166 Å². The molecule has 0 aliphatic heterocycles. The second-order valence-electron chi connectivity index (χ2n) is 7.50. The number of aryl methyl sites for hydroxylation is 1. The zero-order valence-corrected chi connectivity index (χ0v) is 16.6. The van der Waals surface area contributed by atoms with Gasteiger partial charge >= 0.3 is 18.2 Å². The highest BCUT2D eigenvalue weighted by Gasteiger charge is 2.30. The predicted octanol–water partition coefficient (Wildman–Crippen LogP) is 3.12. The molecule has 1 aromatic carbocycles. The highest BCUT2D eigenvalue weighted by Crippen LogP contribution is 2.29. The third-order valence-corrected chi connectivity index (χ3v) is 3.74. The fourth-order valence-corrected chi connectivity index (χ4v) is 2.27. The summed E-state index contributed by atoms with van der Waals surface area (Å²) in [6.07, 6.45) is -5.12. The number of carbonyl (C=O) groups excluding carboxylic acids is 2. The van der Waals surface area contributed by atoms with Gasteiger partial charge in [0, 0.05) is 0 Å². The molecule has 162 valence electrons. The SMILES string of the molecule is CC(NC(=O)C(CCc1ccc(C(F)(F)F)cc1)NC(=O)OC(C)(C)C)C(=O)O. The summed E-state index contributed by atoms with van der Waals surface area (Å²) in [5.74, 6) is -1.99. The number of carboxylic acid groups (broad SMARTS) is 1. The standard InChI is InChI=1S/C19H25F3N2O5/c1-11(16(26)27)23-15(25)14(24-17(28)29-18(2,3)4)10-7-12-5-8-13(9-6-12)19(20,21)22/h5-6,8-9,11,14H,7,10H2,1-4H3,(H,23,25)(H,24,28)(H,26,27). The molecule has 0 bridgehead atoms. The first-order valence-electron chi connectivity index (χ1n) is 8.88. The number of carboxylic acids is 1. The molecule has 0 radical (unpaired) electrons. The summed E-state index contributed by atoms with van der Waals surface area (Å²) in [5, 5.41) is 13.6. The number of alkyl carbamates (subject to hydrolysis) is 1. The first-order valence-corrected chi connectivity index (χ1v) is 8.88. The number of alkyl halides is 3. The van der Waals surface area contributed by atoms with Crippen LogP contribution in [0.2, 0.25) is 0 Å². The van der Waals surface area contributed by atoms with E-state index in [4.69, 9.17) is 9.84 Å². The number of halogens is 3. The van der Waals surface area contributed by atoms with E-state index >= 15 is 0 Å². The molecule has 0 fully saturated rings. The normalized spacial score (nSPS) is 13.9. The Balaban J connectivity index is 2.85. The maximum absolute atomic E-state index is 12.6. The van der Waals surface area contributed by atoms with Gasteiger partial charge in [-0.1, -0.05) is 12.1 Å². The van der Waals surface area contributed by atoms with Crippen LogP contribution in [0.5, 0.6) is 0 Å². The van der Waals surface area contributed by atoms with Crippen molar-refractivity contribution < 1.29 is 37.4 Å². The molecule has 1 rings (SSSR count). The van der Waals surface area contributed by atoms with Crippen LogP contribution in [-0.2, 0) is 26.9 Å². The molecule has 10 heteroatoms. The Morgan fingerprint density at radius 1 is 1.07 bits per heavy atom. The van der Waals surface area contributed by atoms with Crippen LogP contribution >= 0.6 is 0 Å². The van der Waals surface area contributed by atoms with E-state index in [0.717, 1.165) is 12.1 Å². The van der Waals surface area contributed by atoms with Gasteiger partial charge in [0.1, 0.15) is 17.7 Å². The monoisotopic (exact) mass is 418 g/mol. The summed E-state index contributed by atoms with van der Waals surface area (Å²) in [4.78, 5) is 35.3. The second kappa shape index (κ2) is 9.62. The van der Waals surface area contributed by atoms with E-state index < -0.39 is 47.4 Å². The Bertz CT molecular complexity index is 727. The van der Waals surface area contributed by atoms with Crippen molar-refractivity contribution in [1.82, 2.24) is 10.6 Å².